The molecule has 1 atom stereocenters. The Morgan fingerprint density at radius 3 is 2.51 bits per heavy atom. The second-order valence-corrected chi connectivity index (χ2v) is 11.4. The van der Waals surface area contributed by atoms with Crippen LogP contribution in [-0.2, 0) is 25.9 Å². The normalized spacial score (nSPS) is 18.1. The lowest BCUT2D eigenvalue weighted by molar-refractivity contribution is -0.149. The van der Waals surface area contributed by atoms with Crippen LogP contribution < -0.4 is 4.90 Å². The number of esters is 1. The molecule has 2 amide bonds. The number of carbonyl (C=O) groups is 3. The minimum Gasteiger partial charge on any atom is -0.466 e. The van der Waals surface area contributed by atoms with Crippen molar-refractivity contribution in [3.63, 3.8) is 0 Å². The number of hydrogen-bond acceptors (Lipinski definition) is 6. The third-order valence-corrected chi connectivity index (χ3v) is 8.88. The number of fused-ring (bicyclic) bond motifs is 2. The second kappa shape index (κ2) is 10.6. The van der Waals surface area contributed by atoms with Gasteiger partial charge in [0.25, 0.3) is 11.8 Å². The van der Waals surface area contributed by atoms with Crippen LogP contribution in [0.1, 0.15) is 46.0 Å². The SMILES string of the molecule is CCOC(=O)[C@@H]1CCCN(C(=O)c2ccc3c(c2)N(Cc2ccc(F)cc2)C(=O)c2ccccc2S3(=O)=O)C1. The van der Waals surface area contributed by atoms with Crippen molar-refractivity contribution in [2.45, 2.75) is 36.1 Å². The summed E-state index contributed by atoms with van der Waals surface area (Å²) in [6.45, 7) is 2.57. The van der Waals surface area contributed by atoms with Crippen LogP contribution in [0, 0.1) is 11.7 Å². The topological polar surface area (TPSA) is 101 Å². The summed E-state index contributed by atoms with van der Waals surface area (Å²) in [7, 11) is -4.10. The maximum atomic E-state index is 13.8. The lowest BCUT2D eigenvalue weighted by atomic mass is 9.97. The van der Waals surface area contributed by atoms with E-state index in [9.17, 15) is 27.2 Å². The average Bonchev–Trinajstić information content (AvgIpc) is 3.02. The van der Waals surface area contributed by atoms with Crippen molar-refractivity contribution in [3.8, 4) is 0 Å². The number of piperidine rings is 1. The molecule has 8 nitrogen and oxygen atoms in total. The van der Waals surface area contributed by atoms with E-state index < -0.39 is 27.5 Å². The summed E-state index contributed by atoms with van der Waals surface area (Å²) in [5, 5.41) is 0. The van der Waals surface area contributed by atoms with Crippen LogP contribution in [0.5, 0.6) is 0 Å². The molecule has 5 rings (SSSR count). The van der Waals surface area contributed by atoms with E-state index in [4.69, 9.17) is 4.74 Å². The van der Waals surface area contributed by atoms with E-state index in [1.165, 1.54) is 59.5 Å². The van der Waals surface area contributed by atoms with Gasteiger partial charge >= 0.3 is 5.97 Å². The Balaban J connectivity index is 1.57. The van der Waals surface area contributed by atoms with Gasteiger partial charge in [-0.25, -0.2) is 12.8 Å². The Bertz CT molecular complexity index is 1550. The first-order valence-corrected chi connectivity index (χ1v) is 14.2. The molecule has 3 aromatic carbocycles. The predicted molar refractivity (Wildman–Crippen MR) is 141 cm³/mol. The van der Waals surface area contributed by atoms with E-state index in [1.54, 1.807) is 24.0 Å². The Hall–Kier alpha value is -4.05. The lowest BCUT2D eigenvalue weighted by Gasteiger charge is -2.32. The molecule has 0 aromatic heterocycles. The summed E-state index contributed by atoms with van der Waals surface area (Å²) in [4.78, 5) is 42.2. The van der Waals surface area contributed by atoms with Crippen LogP contribution in [0.2, 0.25) is 0 Å². The molecule has 2 aliphatic rings. The van der Waals surface area contributed by atoms with Gasteiger partial charge in [-0.2, -0.15) is 0 Å². The summed E-state index contributed by atoms with van der Waals surface area (Å²) in [5.41, 5.74) is 0.844. The summed E-state index contributed by atoms with van der Waals surface area (Å²) in [6.07, 6.45) is 1.24. The molecule has 1 saturated heterocycles. The van der Waals surface area contributed by atoms with Gasteiger partial charge in [-0.05, 0) is 67.8 Å². The molecule has 39 heavy (non-hydrogen) atoms. The molecule has 10 heteroatoms. The molecule has 3 aromatic rings. The fraction of sp³-hybridized carbons (Fsp3) is 0.276. The van der Waals surface area contributed by atoms with Gasteiger partial charge in [-0.15, -0.1) is 0 Å². The Morgan fingerprint density at radius 2 is 1.77 bits per heavy atom. The highest BCUT2D eigenvalue weighted by Crippen LogP contribution is 2.38. The fourth-order valence-electron chi connectivity index (χ4n) is 5.07. The van der Waals surface area contributed by atoms with Gasteiger partial charge in [-0.3, -0.25) is 14.4 Å². The number of ether oxygens (including phenoxy) is 1. The molecule has 0 aliphatic carbocycles. The highest BCUT2D eigenvalue weighted by molar-refractivity contribution is 7.91. The molecule has 0 bridgehead atoms. The van der Waals surface area contributed by atoms with Gasteiger partial charge < -0.3 is 14.5 Å². The predicted octanol–water partition coefficient (Wildman–Crippen LogP) is 4.23. The van der Waals surface area contributed by atoms with Gasteiger partial charge in [0.1, 0.15) is 5.82 Å². The molecule has 0 N–H and O–H groups in total. The summed E-state index contributed by atoms with van der Waals surface area (Å²) >= 11 is 0. The highest BCUT2D eigenvalue weighted by atomic mass is 32.2. The number of amides is 2. The lowest BCUT2D eigenvalue weighted by Crippen LogP contribution is -2.43. The van der Waals surface area contributed by atoms with Crippen LogP contribution in [0.3, 0.4) is 0 Å². The molecular weight excluding hydrogens is 523 g/mol. The molecule has 1 fully saturated rings. The fourth-order valence-corrected chi connectivity index (χ4v) is 6.70. The number of nitrogens with zero attached hydrogens (tertiary/aromatic N) is 2. The summed E-state index contributed by atoms with van der Waals surface area (Å²) in [5.74, 6) is -2.15. The van der Waals surface area contributed by atoms with Crippen molar-refractivity contribution in [1.82, 2.24) is 4.90 Å². The van der Waals surface area contributed by atoms with Crippen LogP contribution >= 0.6 is 0 Å². The number of sulfone groups is 1. The molecule has 2 heterocycles. The van der Waals surface area contributed by atoms with E-state index in [-0.39, 0.29) is 58.2 Å². The standard InChI is InChI=1S/C29H27FN2O6S/c1-2-38-29(35)21-6-5-15-31(18-21)27(33)20-11-14-26-24(16-20)32(17-19-9-12-22(30)13-10-19)28(34)23-7-3-4-8-25(23)39(26,36)37/h3-4,7-14,16,21H,2,5-6,15,17-18H2,1H3/t21-/m1/s1. The Labute approximate surface area is 225 Å². The molecule has 0 unspecified atom stereocenters. The average molecular weight is 551 g/mol. The van der Waals surface area contributed by atoms with E-state index in [0.717, 1.165) is 0 Å². The molecule has 0 saturated carbocycles. The molecular formula is C29H27FN2O6S. The minimum absolute atomic E-state index is 0.0111. The quantitative estimate of drug-likeness (QED) is 0.441. The largest absolute Gasteiger partial charge is 0.466 e. The summed E-state index contributed by atoms with van der Waals surface area (Å²) in [6, 6.07) is 15.7. The number of benzene rings is 3. The maximum Gasteiger partial charge on any atom is 0.310 e. The number of carbonyl (C=O) groups excluding carboxylic acids is 3. The Morgan fingerprint density at radius 1 is 1.03 bits per heavy atom. The number of likely N-dealkylation sites (tertiary alicyclic amines) is 1. The first-order chi connectivity index (χ1) is 18.7. The highest BCUT2D eigenvalue weighted by Gasteiger charge is 2.37. The van der Waals surface area contributed by atoms with Gasteiger partial charge in [-0.1, -0.05) is 24.3 Å². The molecule has 0 radical (unpaired) electrons. The van der Waals surface area contributed by atoms with Crippen LogP contribution in [0.25, 0.3) is 0 Å². The zero-order valence-electron chi connectivity index (χ0n) is 21.3. The van der Waals surface area contributed by atoms with Crippen molar-refractivity contribution < 1.29 is 31.9 Å². The smallest absolute Gasteiger partial charge is 0.310 e. The van der Waals surface area contributed by atoms with Gasteiger partial charge in [0.15, 0.2) is 0 Å². The number of rotatable bonds is 5. The Kier molecular flexibility index (Phi) is 7.22. The number of anilines is 1. The third-order valence-electron chi connectivity index (χ3n) is 7.02. The monoisotopic (exact) mass is 550 g/mol. The van der Waals surface area contributed by atoms with Gasteiger partial charge in [0, 0.05) is 18.7 Å². The van der Waals surface area contributed by atoms with E-state index in [1.807, 2.05) is 0 Å². The summed E-state index contributed by atoms with van der Waals surface area (Å²) < 4.78 is 46.1. The first-order valence-electron chi connectivity index (χ1n) is 12.7. The van der Waals surface area contributed by atoms with Crippen molar-refractivity contribution in [2.75, 3.05) is 24.6 Å². The van der Waals surface area contributed by atoms with Crippen LogP contribution in [0.4, 0.5) is 10.1 Å². The maximum absolute atomic E-state index is 13.8. The molecule has 2 aliphatic heterocycles. The van der Waals surface area contributed by atoms with E-state index in [2.05, 4.69) is 0 Å². The molecule has 202 valence electrons. The zero-order chi connectivity index (χ0) is 27.7. The minimum atomic E-state index is -4.10. The van der Waals surface area contributed by atoms with Gasteiger partial charge in [0.2, 0.25) is 9.84 Å². The van der Waals surface area contributed by atoms with Crippen molar-refractivity contribution in [1.29, 1.82) is 0 Å². The van der Waals surface area contributed by atoms with Crippen LogP contribution in [-0.4, -0.2) is 50.8 Å². The number of halogens is 1. The van der Waals surface area contributed by atoms with Crippen molar-refractivity contribution >= 4 is 33.3 Å². The van der Waals surface area contributed by atoms with Crippen LogP contribution in [0.15, 0.2) is 76.5 Å². The third kappa shape index (κ3) is 5.04. The van der Waals surface area contributed by atoms with E-state index >= 15 is 0 Å². The van der Waals surface area contributed by atoms with Gasteiger partial charge in [0.05, 0.1) is 40.1 Å². The van der Waals surface area contributed by atoms with Crippen molar-refractivity contribution in [2.24, 2.45) is 5.92 Å². The molecule has 0 spiro atoms. The second-order valence-electron chi connectivity index (χ2n) is 9.54. The van der Waals surface area contributed by atoms with E-state index in [0.29, 0.717) is 24.9 Å². The zero-order valence-corrected chi connectivity index (χ0v) is 22.1. The van der Waals surface area contributed by atoms with Crippen molar-refractivity contribution in [3.05, 3.63) is 89.2 Å². The number of hydrogen-bond donors (Lipinski definition) is 0. The first kappa shape index (κ1) is 26.6.